The molecule has 33 heavy (non-hydrogen) atoms. The minimum Gasteiger partial charge on any atom is -0.492 e. The van der Waals surface area contributed by atoms with E-state index >= 15 is 0 Å². The highest BCUT2D eigenvalue weighted by Gasteiger charge is 2.25. The summed E-state index contributed by atoms with van der Waals surface area (Å²) in [4.78, 5) is 12.8. The number of amides is 1. The minimum atomic E-state index is -3.45. The Morgan fingerprint density at radius 1 is 1.00 bits per heavy atom. The van der Waals surface area contributed by atoms with E-state index in [9.17, 15) is 13.2 Å². The number of ether oxygens (including phenoxy) is 2. The number of nitrogens with one attached hydrogen (secondary N) is 1. The Balaban J connectivity index is 1.45. The van der Waals surface area contributed by atoms with Crippen LogP contribution in [0.15, 0.2) is 47.4 Å². The Morgan fingerprint density at radius 2 is 1.67 bits per heavy atom. The molecule has 1 heterocycles. The summed E-state index contributed by atoms with van der Waals surface area (Å²) in [6, 6.07) is 12.2. The maximum Gasteiger partial charge on any atom is 0.261 e. The van der Waals surface area contributed by atoms with Crippen LogP contribution in [0, 0.1) is 13.8 Å². The molecule has 0 spiro atoms. The van der Waals surface area contributed by atoms with Crippen LogP contribution in [0.25, 0.3) is 0 Å². The Kier molecular flexibility index (Phi) is 8.74. The first kappa shape index (κ1) is 25.1. The van der Waals surface area contributed by atoms with Gasteiger partial charge >= 0.3 is 0 Å². The maximum absolute atomic E-state index is 12.7. The number of sulfonamides is 1. The smallest absolute Gasteiger partial charge is 0.261 e. The van der Waals surface area contributed by atoms with Crippen LogP contribution < -0.4 is 14.8 Å². The van der Waals surface area contributed by atoms with E-state index in [1.807, 2.05) is 39.0 Å². The van der Waals surface area contributed by atoms with E-state index in [0.29, 0.717) is 37.6 Å². The Morgan fingerprint density at radius 3 is 2.30 bits per heavy atom. The molecule has 1 aliphatic heterocycles. The third-order valence-electron chi connectivity index (χ3n) is 5.87. The van der Waals surface area contributed by atoms with Crippen LogP contribution >= 0.6 is 0 Å². The second kappa shape index (κ2) is 11.5. The highest BCUT2D eigenvalue weighted by Crippen LogP contribution is 2.23. The molecule has 1 amide bonds. The normalized spacial score (nSPS) is 15.6. The summed E-state index contributed by atoms with van der Waals surface area (Å²) >= 11 is 0. The average molecular weight is 475 g/mol. The highest BCUT2D eigenvalue weighted by molar-refractivity contribution is 7.89. The number of benzene rings is 2. The number of carbonyl (C=O) groups is 1. The molecule has 3 rings (SSSR count). The predicted molar refractivity (Wildman–Crippen MR) is 128 cm³/mol. The molecule has 0 aromatic heterocycles. The Labute approximate surface area is 197 Å². The molecule has 1 fully saturated rings. The lowest BCUT2D eigenvalue weighted by Gasteiger charge is -2.25. The molecule has 0 saturated carbocycles. The van der Waals surface area contributed by atoms with Crippen molar-refractivity contribution in [3.05, 3.63) is 53.6 Å². The molecule has 7 nitrogen and oxygen atoms in total. The van der Waals surface area contributed by atoms with E-state index < -0.39 is 16.1 Å². The van der Waals surface area contributed by atoms with E-state index in [2.05, 4.69) is 5.32 Å². The van der Waals surface area contributed by atoms with Crippen molar-refractivity contribution >= 4 is 15.9 Å². The van der Waals surface area contributed by atoms with Gasteiger partial charge in [0.2, 0.25) is 10.0 Å². The van der Waals surface area contributed by atoms with Gasteiger partial charge in [0.15, 0.2) is 6.10 Å². The second-order valence-electron chi connectivity index (χ2n) is 8.34. The molecule has 1 saturated heterocycles. The van der Waals surface area contributed by atoms with Gasteiger partial charge in [0.25, 0.3) is 5.91 Å². The van der Waals surface area contributed by atoms with E-state index in [-0.39, 0.29) is 17.4 Å². The van der Waals surface area contributed by atoms with E-state index in [1.165, 1.54) is 5.56 Å². The summed E-state index contributed by atoms with van der Waals surface area (Å²) in [6.45, 7) is 7.68. The molecule has 180 valence electrons. The van der Waals surface area contributed by atoms with Gasteiger partial charge in [-0.2, -0.15) is 4.31 Å². The molecule has 1 atom stereocenters. The summed E-state index contributed by atoms with van der Waals surface area (Å²) in [6.07, 6.45) is 2.85. The van der Waals surface area contributed by atoms with E-state index in [4.69, 9.17) is 9.47 Å². The van der Waals surface area contributed by atoms with Gasteiger partial charge < -0.3 is 14.8 Å². The Hall–Kier alpha value is -2.58. The molecular formula is C25H34N2O5S. The van der Waals surface area contributed by atoms with Crippen LogP contribution in [-0.4, -0.2) is 51.0 Å². The fourth-order valence-corrected chi connectivity index (χ4v) is 5.21. The predicted octanol–water partition coefficient (Wildman–Crippen LogP) is 3.83. The number of piperidine rings is 1. The number of carbonyl (C=O) groups excluding carboxylic acids is 1. The summed E-state index contributed by atoms with van der Waals surface area (Å²) < 4.78 is 38.5. The van der Waals surface area contributed by atoms with Crippen molar-refractivity contribution in [1.82, 2.24) is 9.62 Å². The standard InChI is InChI=1S/C25H34N2O5S/c1-4-24(32-22-9-8-19(2)20(3)18-22)25(28)26-14-17-31-21-10-12-23(13-11-21)33(29,30)27-15-6-5-7-16-27/h8-13,18,24H,4-7,14-17H2,1-3H3,(H,26,28)/t24-/m1/s1. The van der Waals surface area contributed by atoms with Gasteiger partial charge in [-0.1, -0.05) is 19.4 Å². The molecule has 0 aliphatic carbocycles. The monoisotopic (exact) mass is 474 g/mol. The molecule has 0 unspecified atom stereocenters. The first-order chi connectivity index (χ1) is 15.8. The lowest BCUT2D eigenvalue weighted by molar-refractivity contribution is -0.128. The van der Waals surface area contributed by atoms with E-state index in [1.54, 1.807) is 28.6 Å². The van der Waals surface area contributed by atoms with Gasteiger partial charge in [-0.05, 0) is 80.6 Å². The molecule has 1 N–H and O–H groups in total. The maximum atomic E-state index is 12.7. The molecule has 0 bridgehead atoms. The third kappa shape index (κ3) is 6.71. The lowest BCUT2D eigenvalue weighted by atomic mass is 10.1. The van der Waals surface area contributed by atoms with Crippen molar-refractivity contribution in [2.75, 3.05) is 26.2 Å². The zero-order valence-electron chi connectivity index (χ0n) is 19.7. The van der Waals surface area contributed by atoms with Crippen LogP contribution in [0.4, 0.5) is 0 Å². The fraction of sp³-hybridized carbons (Fsp3) is 0.480. The first-order valence-corrected chi connectivity index (χ1v) is 13.0. The third-order valence-corrected chi connectivity index (χ3v) is 7.78. The van der Waals surface area contributed by atoms with Crippen LogP contribution in [0.1, 0.15) is 43.7 Å². The zero-order valence-corrected chi connectivity index (χ0v) is 20.5. The molecule has 2 aromatic rings. The number of rotatable bonds is 10. The molecule has 2 aromatic carbocycles. The van der Waals surface area contributed by atoms with Crippen molar-refractivity contribution in [2.45, 2.75) is 57.5 Å². The van der Waals surface area contributed by atoms with E-state index in [0.717, 1.165) is 24.8 Å². The summed E-state index contributed by atoms with van der Waals surface area (Å²) in [5.74, 6) is 1.04. The van der Waals surface area contributed by atoms with Gasteiger partial charge in [0, 0.05) is 13.1 Å². The largest absolute Gasteiger partial charge is 0.492 e. The summed E-state index contributed by atoms with van der Waals surface area (Å²) in [5, 5.41) is 2.84. The SMILES string of the molecule is CC[C@@H](Oc1ccc(C)c(C)c1)C(=O)NCCOc1ccc(S(=O)(=O)N2CCCCC2)cc1. The van der Waals surface area contributed by atoms with Gasteiger partial charge in [-0.3, -0.25) is 4.79 Å². The van der Waals surface area contributed by atoms with Crippen molar-refractivity contribution in [1.29, 1.82) is 0 Å². The number of hydrogen-bond donors (Lipinski definition) is 1. The minimum absolute atomic E-state index is 0.192. The lowest BCUT2D eigenvalue weighted by Crippen LogP contribution is -2.39. The van der Waals surface area contributed by atoms with Crippen molar-refractivity contribution in [3.8, 4) is 11.5 Å². The van der Waals surface area contributed by atoms with Crippen LogP contribution in [-0.2, 0) is 14.8 Å². The first-order valence-electron chi connectivity index (χ1n) is 11.6. The van der Waals surface area contributed by atoms with Crippen molar-refractivity contribution in [3.63, 3.8) is 0 Å². The fourth-order valence-electron chi connectivity index (χ4n) is 3.69. The topological polar surface area (TPSA) is 84.9 Å². The van der Waals surface area contributed by atoms with Gasteiger partial charge in [0.1, 0.15) is 18.1 Å². The average Bonchev–Trinajstić information content (AvgIpc) is 2.83. The van der Waals surface area contributed by atoms with Crippen molar-refractivity contribution in [2.24, 2.45) is 0 Å². The number of nitrogens with zero attached hydrogens (tertiary/aromatic N) is 1. The number of aryl methyl sites for hydroxylation is 2. The molecule has 0 radical (unpaired) electrons. The number of hydrogen-bond acceptors (Lipinski definition) is 5. The van der Waals surface area contributed by atoms with Gasteiger partial charge in [-0.15, -0.1) is 0 Å². The highest BCUT2D eigenvalue weighted by atomic mass is 32.2. The Bertz CT molecular complexity index is 1030. The second-order valence-corrected chi connectivity index (χ2v) is 10.3. The summed E-state index contributed by atoms with van der Waals surface area (Å²) in [7, 11) is -3.45. The molecular weight excluding hydrogens is 440 g/mol. The summed E-state index contributed by atoms with van der Waals surface area (Å²) in [5.41, 5.74) is 2.29. The van der Waals surface area contributed by atoms with Crippen LogP contribution in [0.3, 0.4) is 0 Å². The quantitative estimate of drug-likeness (QED) is 0.529. The van der Waals surface area contributed by atoms with Crippen molar-refractivity contribution < 1.29 is 22.7 Å². The zero-order chi connectivity index (χ0) is 23.8. The molecule has 1 aliphatic rings. The van der Waals surface area contributed by atoms with Crippen LogP contribution in [0.2, 0.25) is 0 Å². The van der Waals surface area contributed by atoms with Gasteiger partial charge in [-0.25, -0.2) is 8.42 Å². The molecule has 8 heteroatoms. The van der Waals surface area contributed by atoms with Crippen LogP contribution in [0.5, 0.6) is 11.5 Å². The van der Waals surface area contributed by atoms with Gasteiger partial charge in [0.05, 0.1) is 11.4 Å².